The van der Waals surface area contributed by atoms with E-state index in [0.717, 1.165) is 12.2 Å². The van der Waals surface area contributed by atoms with Crippen molar-refractivity contribution in [2.45, 2.75) is 6.92 Å². The Balaban J connectivity index is 2.03. The van der Waals surface area contributed by atoms with Gasteiger partial charge in [-0.25, -0.2) is 4.98 Å². The molecule has 9 heteroatoms. The minimum atomic E-state index is -0.0431. The number of anilines is 2. The predicted octanol–water partition coefficient (Wildman–Crippen LogP) is 2.84. The molecule has 0 fully saturated rings. The molecule has 7 nitrogen and oxygen atoms in total. The third-order valence-electron chi connectivity index (χ3n) is 2.43. The molecular formula is C12H11ClN4O3S. The number of terminal acetylenes is 1. The lowest BCUT2D eigenvalue weighted by Gasteiger charge is -2.19. The zero-order chi connectivity index (χ0) is 15.4. The summed E-state index contributed by atoms with van der Waals surface area (Å²) in [5, 5.41) is 13.9. The molecule has 0 aromatic carbocycles. The molecule has 0 saturated carbocycles. The summed E-state index contributed by atoms with van der Waals surface area (Å²) in [6.45, 7) is 1.61. The molecule has 0 unspecified atom stereocenters. The Hall–Kier alpha value is -1.92. The molecular weight excluding hydrogens is 316 g/mol. The number of rotatable bonds is 5. The fraction of sp³-hybridized carbons (Fsp3) is 0.167. The van der Waals surface area contributed by atoms with Gasteiger partial charge in [0.15, 0.2) is 5.76 Å². The zero-order valence-corrected chi connectivity index (χ0v) is 12.7. The van der Waals surface area contributed by atoms with Crippen LogP contribution < -0.4 is 9.53 Å². The Kier molecular flexibility index (Phi) is 4.93. The SMILES string of the molecule is C#Cc1ncccc1N(C)SON(O)c1noc(C)c1Cl. The molecule has 0 aliphatic heterocycles. The van der Waals surface area contributed by atoms with Crippen molar-refractivity contribution in [3.63, 3.8) is 0 Å². The molecule has 2 heterocycles. The van der Waals surface area contributed by atoms with Crippen LogP contribution in [0.15, 0.2) is 22.9 Å². The van der Waals surface area contributed by atoms with Gasteiger partial charge in [-0.3, -0.25) is 9.51 Å². The van der Waals surface area contributed by atoms with Crippen molar-refractivity contribution in [3.05, 3.63) is 34.8 Å². The van der Waals surface area contributed by atoms with Gasteiger partial charge in [-0.2, -0.15) is 4.28 Å². The van der Waals surface area contributed by atoms with Crippen LogP contribution in [-0.4, -0.2) is 22.4 Å². The minimum Gasteiger partial charge on any atom is -0.358 e. The van der Waals surface area contributed by atoms with Crippen LogP contribution in [0.4, 0.5) is 11.5 Å². The molecule has 0 saturated heterocycles. The van der Waals surface area contributed by atoms with Crippen LogP contribution in [0.3, 0.4) is 0 Å². The van der Waals surface area contributed by atoms with E-state index in [4.69, 9.17) is 26.8 Å². The summed E-state index contributed by atoms with van der Waals surface area (Å²) < 4.78 is 11.5. The van der Waals surface area contributed by atoms with Gasteiger partial charge in [0.25, 0.3) is 0 Å². The molecule has 0 bridgehead atoms. The molecule has 1 N–H and O–H groups in total. The number of hydrogen-bond donors (Lipinski definition) is 1. The van der Waals surface area contributed by atoms with Gasteiger partial charge in [-0.15, -0.1) is 6.42 Å². The van der Waals surface area contributed by atoms with Gasteiger partial charge in [-0.1, -0.05) is 22.0 Å². The van der Waals surface area contributed by atoms with Gasteiger partial charge in [0.05, 0.1) is 5.69 Å². The Labute approximate surface area is 130 Å². The third-order valence-corrected chi connectivity index (χ3v) is 3.50. The summed E-state index contributed by atoms with van der Waals surface area (Å²) in [4.78, 5) is 4.05. The summed E-state index contributed by atoms with van der Waals surface area (Å²) in [7, 11) is 1.70. The van der Waals surface area contributed by atoms with Gasteiger partial charge in [0, 0.05) is 13.2 Å². The number of nitrogens with zero attached hydrogens (tertiary/aromatic N) is 4. The smallest absolute Gasteiger partial charge is 0.245 e. The normalized spacial score (nSPS) is 10.2. The van der Waals surface area contributed by atoms with E-state index in [0.29, 0.717) is 22.4 Å². The van der Waals surface area contributed by atoms with Gasteiger partial charge in [0.2, 0.25) is 5.82 Å². The molecule has 2 rings (SSSR count). The summed E-state index contributed by atoms with van der Waals surface area (Å²) in [5.74, 6) is 2.79. The number of aryl methyl sites for hydroxylation is 1. The summed E-state index contributed by atoms with van der Waals surface area (Å²) in [5.41, 5.74) is 1.11. The fourth-order valence-corrected chi connectivity index (χ4v) is 1.99. The second-order valence-electron chi connectivity index (χ2n) is 3.81. The fourth-order valence-electron chi connectivity index (χ4n) is 1.39. The van der Waals surface area contributed by atoms with E-state index in [2.05, 4.69) is 16.1 Å². The molecule has 0 radical (unpaired) electrons. The van der Waals surface area contributed by atoms with E-state index in [1.54, 1.807) is 36.6 Å². The maximum atomic E-state index is 9.74. The van der Waals surface area contributed by atoms with E-state index in [9.17, 15) is 5.21 Å². The number of hydrogen-bond acceptors (Lipinski definition) is 8. The highest BCUT2D eigenvalue weighted by atomic mass is 35.5. The van der Waals surface area contributed by atoms with Gasteiger partial charge in [-0.05, 0) is 25.0 Å². The standard InChI is InChI=1S/C12H11ClN4O3S/c1-4-9-10(6-5-7-14-9)16(3)21-20-17(18)12-11(13)8(2)19-15-12/h1,5-7,18H,2-3H3. The Morgan fingerprint density at radius 1 is 1.57 bits per heavy atom. The van der Waals surface area contributed by atoms with Crippen molar-refractivity contribution in [1.82, 2.24) is 10.1 Å². The first kappa shape index (κ1) is 15.5. The van der Waals surface area contributed by atoms with Gasteiger partial charge >= 0.3 is 0 Å². The Bertz CT molecular complexity index is 673. The molecule has 0 amide bonds. The average Bonchev–Trinajstić information content (AvgIpc) is 2.84. The lowest BCUT2D eigenvalue weighted by molar-refractivity contribution is 0.0655. The first-order valence-corrected chi connectivity index (χ1v) is 6.73. The average molecular weight is 327 g/mol. The number of pyridine rings is 1. The predicted molar refractivity (Wildman–Crippen MR) is 79.8 cm³/mol. The van der Waals surface area contributed by atoms with Crippen LogP contribution >= 0.6 is 23.8 Å². The highest BCUT2D eigenvalue weighted by molar-refractivity contribution is 7.96. The van der Waals surface area contributed by atoms with Gasteiger partial charge < -0.3 is 4.52 Å². The zero-order valence-electron chi connectivity index (χ0n) is 11.1. The monoisotopic (exact) mass is 326 g/mol. The topological polar surface area (TPSA) is 74.9 Å². The van der Waals surface area contributed by atoms with Crippen LogP contribution in [0, 0.1) is 19.3 Å². The molecule has 2 aromatic heterocycles. The molecule has 110 valence electrons. The molecule has 0 aliphatic carbocycles. The molecule has 0 aliphatic rings. The third kappa shape index (κ3) is 3.40. The maximum absolute atomic E-state index is 9.74. The van der Waals surface area contributed by atoms with Crippen molar-refractivity contribution in [2.75, 3.05) is 16.6 Å². The first-order valence-electron chi connectivity index (χ1n) is 5.65. The quantitative estimate of drug-likeness (QED) is 0.389. The summed E-state index contributed by atoms with van der Waals surface area (Å²) >= 11 is 6.70. The second kappa shape index (κ2) is 6.69. The Morgan fingerprint density at radius 3 is 2.95 bits per heavy atom. The highest BCUT2D eigenvalue weighted by Crippen LogP contribution is 2.30. The highest BCUT2D eigenvalue weighted by Gasteiger charge is 2.19. The van der Waals surface area contributed by atoms with E-state index >= 15 is 0 Å². The van der Waals surface area contributed by atoms with Crippen LogP contribution in [0.2, 0.25) is 5.02 Å². The maximum Gasteiger partial charge on any atom is 0.245 e. The van der Waals surface area contributed by atoms with Crippen LogP contribution in [-0.2, 0) is 4.28 Å². The Morgan fingerprint density at radius 2 is 2.33 bits per heavy atom. The lowest BCUT2D eigenvalue weighted by Crippen LogP contribution is -2.20. The van der Waals surface area contributed by atoms with Crippen molar-refractivity contribution in [2.24, 2.45) is 0 Å². The van der Waals surface area contributed by atoms with E-state index in [1.165, 1.54) is 0 Å². The number of halogens is 1. The molecule has 0 atom stereocenters. The number of aromatic nitrogens is 2. The first-order chi connectivity index (χ1) is 10.0. The summed E-state index contributed by atoms with van der Waals surface area (Å²) in [6, 6.07) is 3.51. The molecule has 2 aromatic rings. The minimum absolute atomic E-state index is 0.0431. The van der Waals surface area contributed by atoms with Crippen molar-refractivity contribution in [1.29, 1.82) is 0 Å². The van der Waals surface area contributed by atoms with Crippen molar-refractivity contribution in [3.8, 4) is 12.3 Å². The van der Waals surface area contributed by atoms with E-state index < -0.39 is 0 Å². The van der Waals surface area contributed by atoms with Crippen LogP contribution in [0.5, 0.6) is 0 Å². The largest absolute Gasteiger partial charge is 0.358 e. The molecule has 0 spiro atoms. The van der Waals surface area contributed by atoms with E-state index in [-0.39, 0.29) is 10.8 Å². The van der Waals surface area contributed by atoms with Crippen molar-refractivity contribution < 1.29 is 14.0 Å². The van der Waals surface area contributed by atoms with Crippen LogP contribution in [0.1, 0.15) is 11.5 Å². The van der Waals surface area contributed by atoms with E-state index in [1.807, 2.05) is 0 Å². The van der Waals surface area contributed by atoms with Gasteiger partial charge in [0.1, 0.15) is 22.9 Å². The second-order valence-corrected chi connectivity index (χ2v) is 5.04. The summed E-state index contributed by atoms with van der Waals surface area (Å²) in [6.07, 6.45) is 6.96. The van der Waals surface area contributed by atoms with Crippen LogP contribution in [0.25, 0.3) is 0 Å². The lowest BCUT2D eigenvalue weighted by atomic mass is 10.3. The van der Waals surface area contributed by atoms with Crippen molar-refractivity contribution >= 4 is 35.3 Å². The molecule has 21 heavy (non-hydrogen) atoms.